The van der Waals surface area contributed by atoms with Crippen LogP contribution in [0, 0.1) is 5.82 Å². The maximum Gasteiger partial charge on any atom is 0.410 e. The first-order valence-corrected chi connectivity index (χ1v) is 9.96. The second-order valence-corrected chi connectivity index (χ2v) is 8.46. The Balaban J connectivity index is 1.57. The predicted molar refractivity (Wildman–Crippen MR) is 108 cm³/mol. The molecule has 0 spiro atoms. The number of hydrogen-bond donors (Lipinski definition) is 0. The second-order valence-electron chi connectivity index (χ2n) is 8.02. The van der Waals surface area contributed by atoms with Crippen molar-refractivity contribution in [3.63, 3.8) is 0 Å². The smallest absolute Gasteiger partial charge is 0.410 e. The Labute approximate surface area is 175 Å². The zero-order valence-electron chi connectivity index (χ0n) is 16.8. The summed E-state index contributed by atoms with van der Waals surface area (Å²) in [7, 11) is 0. The van der Waals surface area contributed by atoms with Crippen molar-refractivity contribution < 1.29 is 18.7 Å². The Morgan fingerprint density at radius 3 is 2.66 bits per heavy atom. The van der Waals surface area contributed by atoms with Gasteiger partial charge in [0.05, 0.1) is 0 Å². The molecule has 1 aromatic carbocycles. The average Bonchev–Trinajstić information content (AvgIpc) is 2.66. The van der Waals surface area contributed by atoms with E-state index in [1.807, 2.05) is 20.8 Å². The summed E-state index contributed by atoms with van der Waals surface area (Å²) in [6.45, 7) is 6.79. The lowest BCUT2D eigenvalue weighted by molar-refractivity contribution is 0.0203. The summed E-state index contributed by atoms with van der Waals surface area (Å²) in [4.78, 5) is 22.7. The molecule has 8 heteroatoms. The van der Waals surface area contributed by atoms with Crippen LogP contribution in [0.25, 0.3) is 0 Å². The monoisotopic (exact) mass is 421 g/mol. The van der Waals surface area contributed by atoms with E-state index in [4.69, 9.17) is 21.1 Å². The van der Waals surface area contributed by atoms with Crippen LogP contribution < -0.4 is 4.74 Å². The van der Waals surface area contributed by atoms with Gasteiger partial charge in [-0.25, -0.2) is 14.2 Å². The normalized spacial score (nSPS) is 15.3. The first kappa shape index (κ1) is 21.3. The second kappa shape index (κ2) is 8.95. The molecule has 156 valence electrons. The van der Waals surface area contributed by atoms with Gasteiger partial charge in [-0.3, -0.25) is 0 Å². The van der Waals surface area contributed by atoms with Crippen LogP contribution in [0.15, 0.2) is 30.5 Å². The van der Waals surface area contributed by atoms with E-state index in [1.54, 1.807) is 29.3 Å². The molecule has 0 saturated carbocycles. The predicted octanol–water partition coefficient (Wildman–Crippen LogP) is 4.96. The molecule has 0 unspecified atom stereocenters. The molecule has 1 saturated heterocycles. The lowest BCUT2D eigenvalue weighted by Crippen LogP contribution is -2.41. The molecule has 0 radical (unpaired) electrons. The average molecular weight is 422 g/mol. The van der Waals surface area contributed by atoms with Crippen LogP contribution in [0.1, 0.15) is 50.9 Å². The molecule has 29 heavy (non-hydrogen) atoms. The van der Waals surface area contributed by atoms with Crippen LogP contribution in [0.3, 0.4) is 0 Å². The molecule has 1 amide bonds. The summed E-state index contributed by atoms with van der Waals surface area (Å²) in [6.07, 6.45) is 2.83. The number of rotatable bonds is 4. The van der Waals surface area contributed by atoms with Gasteiger partial charge in [-0.15, -0.1) is 0 Å². The van der Waals surface area contributed by atoms with Crippen molar-refractivity contribution in [3.05, 3.63) is 52.7 Å². The molecular formula is C21H25ClFN3O3. The maximum atomic E-state index is 13.9. The van der Waals surface area contributed by atoms with Crippen molar-refractivity contribution in [2.24, 2.45) is 0 Å². The minimum absolute atomic E-state index is 0.0521. The van der Waals surface area contributed by atoms with E-state index >= 15 is 0 Å². The van der Waals surface area contributed by atoms with Crippen molar-refractivity contribution in [1.82, 2.24) is 14.9 Å². The van der Waals surface area contributed by atoms with Crippen LogP contribution in [-0.2, 0) is 11.3 Å². The molecule has 0 N–H and O–H groups in total. The van der Waals surface area contributed by atoms with Gasteiger partial charge >= 0.3 is 6.09 Å². The van der Waals surface area contributed by atoms with Gasteiger partial charge < -0.3 is 14.4 Å². The Morgan fingerprint density at radius 1 is 1.28 bits per heavy atom. The number of halogens is 2. The SMILES string of the molecule is CC(C)(C)OC(=O)N1CCC(c2nccc(OCc3ccc(Cl)cc3F)n2)CC1. The number of piperidine rings is 1. The quantitative estimate of drug-likeness (QED) is 0.697. The highest BCUT2D eigenvalue weighted by atomic mass is 35.5. The lowest BCUT2D eigenvalue weighted by Gasteiger charge is -2.32. The third kappa shape index (κ3) is 6.03. The van der Waals surface area contributed by atoms with E-state index in [9.17, 15) is 9.18 Å². The van der Waals surface area contributed by atoms with E-state index in [0.717, 1.165) is 12.8 Å². The molecule has 0 aliphatic carbocycles. The van der Waals surface area contributed by atoms with Crippen molar-refractivity contribution in [2.45, 2.75) is 51.7 Å². The zero-order valence-corrected chi connectivity index (χ0v) is 17.6. The molecule has 0 bridgehead atoms. The Hall–Kier alpha value is -2.41. The number of carbonyl (C=O) groups is 1. The van der Waals surface area contributed by atoms with Crippen LogP contribution in [0.2, 0.25) is 5.02 Å². The van der Waals surface area contributed by atoms with E-state index in [1.165, 1.54) is 6.07 Å². The largest absolute Gasteiger partial charge is 0.473 e. The molecule has 1 aliphatic heterocycles. The molecule has 2 heterocycles. The van der Waals surface area contributed by atoms with Gasteiger partial charge in [-0.1, -0.05) is 17.7 Å². The van der Waals surface area contributed by atoms with Crippen LogP contribution in [-0.4, -0.2) is 39.7 Å². The van der Waals surface area contributed by atoms with Crippen LogP contribution in [0.4, 0.5) is 9.18 Å². The molecule has 1 fully saturated rings. The molecule has 1 aromatic heterocycles. The lowest BCUT2D eigenvalue weighted by atomic mass is 9.96. The van der Waals surface area contributed by atoms with Crippen LogP contribution in [0.5, 0.6) is 5.88 Å². The van der Waals surface area contributed by atoms with Crippen molar-refractivity contribution in [2.75, 3.05) is 13.1 Å². The molecule has 0 atom stereocenters. The Kier molecular flexibility index (Phi) is 6.57. The van der Waals surface area contributed by atoms with Crippen molar-refractivity contribution in [1.29, 1.82) is 0 Å². The van der Waals surface area contributed by atoms with Crippen LogP contribution >= 0.6 is 11.6 Å². The fraction of sp³-hybridized carbons (Fsp3) is 0.476. The molecule has 1 aliphatic rings. The first-order chi connectivity index (χ1) is 13.7. The fourth-order valence-corrected chi connectivity index (χ4v) is 3.23. The third-order valence-electron chi connectivity index (χ3n) is 4.55. The summed E-state index contributed by atoms with van der Waals surface area (Å²) < 4.78 is 25.0. The maximum absolute atomic E-state index is 13.9. The number of hydrogen-bond acceptors (Lipinski definition) is 5. The number of benzene rings is 1. The molecule has 6 nitrogen and oxygen atoms in total. The van der Waals surface area contributed by atoms with E-state index in [0.29, 0.717) is 35.4 Å². The van der Waals surface area contributed by atoms with Gasteiger partial charge in [0.15, 0.2) is 0 Å². The highest BCUT2D eigenvalue weighted by Gasteiger charge is 2.28. The van der Waals surface area contributed by atoms with Gasteiger partial charge in [0, 0.05) is 41.9 Å². The molecule has 2 aromatic rings. The number of aromatic nitrogens is 2. The van der Waals surface area contributed by atoms with Crippen molar-refractivity contribution >= 4 is 17.7 Å². The number of ether oxygens (including phenoxy) is 2. The number of amides is 1. The van der Waals surface area contributed by atoms with Gasteiger partial charge in [0.25, 0.3) is 0 Å². The van der Waals surface area contributed by atoms with Gasteiger partial charge in [0.2, 0.25) is 5.88 Å². The minimum atomic E-state index is -0.508. The third-order valence-corrected chi connectivity index (χ3v) is 4.79. The Morgan fingerprint density at radius 2 is 2.00 bits per heavy atom. The van der Waals surface area contributed by atoms with E-state index in [-0.39, 0.29) is 18.6 Å². The van der Waals surface area contributed by atoms with Crippen molar-refractivity contribution in [3.8, 4) is 5.88 Å². The Bertz CT molecular complexity index is 864. The zero-order chi connectivity index (χ0) is 21.0. The highest BCUT2D eigenvalue weighted by molar-refractivity contribution is 6.30. The standard InChI is InChI=1S/C21H25ClFN3O3/c1-21(2,3)29-20(27)26-10-7-14(8-11-26)19-24-9-6-18(25-19)28-13-15-4-5-16(22)12-17(15)23/h4-6,9,12,14H,7-8,10-11,13H2,1-3H3. The van der Waals surface area contributed by atoms with E-state index in [2.05, 4.69) is 9.97 Å². The number of likely N-dealkylation sites (tertiary alicyclic amines) is 1. The molecule has 3 rings (SSSR count). The first-order valence-electron chi connectivity index (χ1n) is 9.59. The fourth-order valence-electron chi connectivity index (χ4n) is 3.07. The summed E-state index contributed by atoms with van der Waals surface area (Å²) in [5.74, 6) is 0.771. The summed E-state index contributed by atoms with van der Waals surface area (Å²) >= 11 is 5.77. The number of nitrogens with zero attached hydrogens (tertiary/aromatic N) is 3. The summed E-state index contributed by atoms with van der Waals surface area (Å²) in [6, 6.07) is 6.11. The molecular weight excluding hydrogens is 397 g/mol. The minimum Gasteiger partial charge on any atom is -0.473 e. The summed E-state index contributed by atoms with van der Waals surface area (Å²) in [5.41, 5.74) is -0.105. The van der Waals surface area contributed by atoms with E-state index < -0.39 is 11.4 Å². The van der Waals surface area contributed by atoms with Gasteiger partial charge in [-0.05, 0) is 45.7 Å². The number of carbonyl (C=O) groups excluding carboxylic acids is 1. The summed E-state index contributed by atoms with van der Waals surface area (Å²) in [5, 5.41) is 0.341. The van der Waals surface area contributed by atoms with Gasteiger partial charge in [0.1, 0.15) is 23.8 Å². The topological polar surface area (TPSA) is 64.5 Å². The van der Waals surface area contributed by atoms with Gasteiger partial charge in [-0.2, -0.15) is 4.98 Å². The highest BCUT2D eigenvalue weighted by Crippen LogP contribution is 2.27.